The Bertz CT molecular complexity index is 695. The largest absolute Gasteiger partial charge is 0.487 e. The van der Waals surface area contributed by atoms with Crippen molar-refractivity contribution in [1.29, 1.82) is 0 Å². The lowest BCUT2D eigenvalue weighted by Crippen LogP contribution is -2.25. The van der Waals surface area contributed by atoms with Crippen LogP contribution in [0, 0.1) is 0 Å². The van der Waals surface area contributed by atoms with Crippen molar-refractivity contribution in [3.05, 3.63) is 63.1 Å². The van der Waals surface area contributed by atoms with E-state index in [1.165, 1.54) is 0 Å². The predicted octanol–water partition coefficient (Wildman–Crippen LogP) is 4.79. The number of benzene rings is 2. The lowest BCUT2D eigenvalue weighted by atomic mass is 9.96. The van der Waals surface area contributed by atoms with E-state index >= 15 is 0 Å². The molecule has 2 aromatic rings. The molecule has 0 aliphatic carbocycles. The van der Waals surface area contributed by atoms with Crippen molar-refractivity contribution in [2.24, 2.45) is 0 Å². The number of para-hydroxylation sites is 1. The minimum Gasteiger partial charge on any atom is -0.487 e. The quantitative estimate of drug-likeness (QED) is 0.861. The van der Waals surface area contributed by atoms with E-state index in [-0.39, 0.29) is 5.60 Å². The van der Waals surface area contributed by atoms with Crippen LogP contribution in [0.15, 0.2) is 36.4 Å². The Morgan fingerprint density at radius 3 is 2.67 bits per heavy atom. The first kappa shape index (κ1) is 14.7. The first-order chi connectivity index (χ1) is 9.87. The topological polar surface area (TPSA) is 29.5 Å². The second-order valence-corrected chi connectivity index (χ2v) is 6.79. The summed E-state index contributed by atoms with van der Waals surface area (Å²) in [7, 11) is 0. The van der Waals surface area contributed by atoms with Gasteiger partial charge in [-0.3, -0.25) is 0 Å². The Kier molecular flexibility index (Phi) is 3.64. The summed E-state index contributed by atoms with van der Waals surface area (Å²) in [6, 6.07) is 10.9. The molecule has 1 atom stereocenters. The third-order valence-corrected chi connectivity index (χ3v) is 4.25. The van der Waals surface area contributed by atoms with E-state index in [9.17, 15) is 5.11 Å². The van der Waals surface area contributed by atoms with Gasteiger partial charge in [-0.25, -0.2) is 0 Å². The molecule has 0 radical (unpaired) electrons. The second-order valence-electron chi connectivity index (χ2n) is 5.94. The maximum atomic E-state index is 10.7. The highest BCUT2D eigenvalue weighted by Crippen LogP contribution is 2.42. The molecule has 3 rings (SSSR count). The molecule has 1 unspecified atom stereocenters. The number of fused-ring (bicyclic) bond motifs is 1. The van der Waals surface area contributed by atoms with Gasteiger partial charge in [0.2, 0.25) is 0 Å². The molecule has 2 aromatic carbocycles. The smallest absolute Gasteiger partial charge is 0.129 e. The summed E-state index contributed by atoms with van der Waals surface area (Å²) in [4.78, 5) is 0. The summed E-state index contributed by atoms with van der Waals surface area (Å²) >= 11 is 12.2. The van der Waals surface area contributed by atoms with Gasteiger partial charge in [-0.05, 0) is 37.6 Å². The molecule has 2 nitrogen and oxygen atoms in total. The van der Waals surface area contributed by atoms with E-state index in [0.717, 1.165) is 23.3 Å². The Morgan fingerprint density at radius 1 is 1.14 bits per heavy atom. The molecule has 0 spiro atoms. The number of hydrogen-bond donors (Lipinski definition) is 1. The van der Waals surface area contributed by atoms with Gasteiger partial charge in [0.15, 0.2) is 0 Å². The standard InChI is InChI=1S/C17H16Cl2O2/c1-17(2)9-10-4-3-5-12(16(10)21-17)15(20)13-8-11(18)6-7-14(13)19/h3-8,15,20H,9H2,1-2H3. The van der Waals surface area contributed by atoms with Gasteiger partial charge < -0.3 is 9.84 Å². The van der Waals surface area contributed by atoms with Crippen LogP contribution in [0.25, 0.3) is 0 Å². The van der Waals surface area contributed by atoms with Crippen molar-refractivity contribution in [2.45, 2.75) is 32.0 Å². The molecule has 0 saturated carbocycles. The van der Waals surface area contributed by atoms with E-state index in [2.05, 4.69) is 0 Å². The van der Waals surface area contributed by atoms with Crippen LogP contribution in [-0.4, -0.2) is 10.7 Å². The highest BCUT2D eigenvalue weighted by Gasteiger charge is 2.33. The molecule has 0 bridgehead atoms. The fourth-order valence-corrected chi connectivity index (χ4v) is 3.15. The highest BCUT2D eigenvalue weighted by molar-refractivity contribution is 6.33. The monoisotopic (exact) mass is 322 g/mol. The Morgan fingerprint density at radius 2 is 1.90 bits per heavy atom. The van der Waals surface area contributed by atoms with Crippen LogP contribution in [0.1, 0.15) is 36.6 Å². The van der Waals surface area contributed by atoms with Crippen LogP contribution in [0.4, 0.5) is 0 Å². The predicted molar refractivity (Wildman–Crippen MR) is 85.4 cm³/mol. The SMILES string of the molecule is CC1(C)Cc2cccc(C(O)c3cc(Cl)ccc3Cl)c2O1. The third kappa shape index (κ3) is 2.76. The lowest BCUT2D eigenvalue weighted by Gasteiger charge is -2.20. The molecule has 1 aliphatic rings. The van der Waals surface area contributed by atoms with Crippen molar-refractivity contribution in [3.63, 3.8) is 0 Å². The molecule has 0 fully saturated rings. The number of halogens is 2. The molecular weight excluding hydrogens is 307 g/mol. The minimum atomic E-state index is -0.861. The van der Waals surface area contributed by atoms with Gasteiger partial charge in [0.1, 0.15) is 17.5 Å². The molecule has 0 aromatic heterocycles. The van der Waals surface area contributed by atoms with Gasteiger partial charge in [-0.2, -0.15) is 0 Å². The van der Waals surface area contributed by atoms with Gasteiger partial charge >= 0.3 is 0 Å². The van der Waals surface area contributed by atoms with E-state index in [1.807, 2.05) is 32.0 Å². The number of aliphatic hydroxyl groups excluding tert-OH is 1. The van der Waals surface area contributed by atoms with E-state index in [1.54, 1.807) is 18.2 Å². The molecule has 1 aliphatic heterocycles. The van der Waals surface area contributed by atoms with Crippen LogP contribution in [-0.2, 0) is 6.42 Å². The number of hydrogen-bond acceptors (Lipinski definition) is 2. The van der Waals surface area contributed by atoms with Gasteiger partial charge in [-0.15, -0.1) is 0 Å². The third-order valence-electron chi connectivity index (χ3n) is 3.67. The van der Waals surface area contributed by atoms with Crippen molar-refractivity contribution in [2.75, 3.05) is 0 Å². The van der Waals surface area contributed by atoms with Crippen molar-refractivity contribution in [1.82, 2.24) is 0 Å². The number of ether oxygens (including phenoxy) is 1. The molecular formula is C17H16Cl2O2. The Labute approximate surface area is 134 Å². The van der Waals surface area contributed by atoms with Crippen LogP contribution in [0.5, 0.6) is 5.75 Å². The average Bonchev–Trinajstić information content (AvgIpc) is 2.74. The van der Waals surface area contributed by atoms with Crippen LogP contribution >= 0.6 is 23.2 Å². The van der Waals surface area contributed by atoms with E-state index < -0.39 is 6.10 Å². The fraction of sp³-hybridized carbons (Fsp3) is 0.294. The molecule has 1 N–H and O–H groups in total. The molecule has 21 heavy (non-hydrogen) atoms. The zero-order valence-corrected chi connectivity index (χ0v) is 13.4. The summed E-state index contributed by atoms with van der Waals surface area (Å²) in [5.74, 6) is 0.756. The molecule has 4 heteroatoms. The first-order valence-corrected chi connectivity index (χ1v) is 7.57. The zero-order valence-electron chi connectivity index (χ0n) is 11.9. The lowest BCUT2D eigenvalue weighted by molar-refractivity contribution is 0.131. The van der Waals surface area contributed by atoms with Gasteiger partial charge in [0.05, 0.1) is 0 Å². The van der Waals surface area contributed by atoms with Crippen LogP contribution < -0.4 is 4.74 Å². The van der Waals surface area contributed by atoms with E-state index in [4.69, 9.17) is 27.9 Å². The van der Waals surface area contributed by atoms with Crippen LogP contribution in [0.2, 0.25) is 10.0 Å². The molecule has 0 amide bonds. The van der Waals surface area contributed by atoms with Gasteiger partial charge in [-0.1, -0.05) is 41.4 Å². The van der Waals surface area contributed by atoms with Crippen molar-refractivity contribution in [3.8, 4) is 5.75 Å². The number of aliphatic hydroxyl groups is 1. The summed E-state index contributed by atoms with van der Waals surface area (Å²) < 4.78 is 6.00. The molecule has 1 heterocycles. The van der Waals surface area contributed by atoms with Gasteiger partial charge in [0, 0.05) is 27.6 Å². The van der Waals surface area contributed by atoms with Gasteiger partial charge in [0.25, 0.3) is 0 Å². The zero-order chi connectivity index (χ0) is 15.2. The minimum absolute atomic E-state index is 0.254. The number of rotatable bonds is 2. The van der Waals surface area contributed by atoms with Crippen LogP contribution in [0.3, 0.4) is 0 Å². The second kappa shape index (κ2) is 5.20. The maximum absolute atomic E-state index is 10.7. The Hall–Kier alpha value is -1.22. The highest BCUT2D eigenvalue weighted by atomic mass is 35.5. The van der Waals surface area contributed by atoms with E-state index in [0.29, 0.717) is 15.6 Å². The average molecular weight is 323 g/mol. The van der Waals surface area contributed by atoms with Crippen molar-refractivity contribution >= 4 is 23.2 Å². The fourth-order valence-electron chi connectivity index (χ4n) is 2.75. The molecule has 0 saturated heterocycles. The summed E-state index contributed by atoms with van der Waals surface area (Å²) in [6.45, 7) is 4.07. The Balaban J connectivity index is 2.06. The normalized spacial score (nSPS) is 17.2. The molecule has 110 valence electrons. The summed E-state index contributed by atoms with van der Waals surface area (Å²) in [6.07, 6.45) is -0.0355. The summed E-state index contributed by atoms with van der Waals surface area (Å²) in [5, 5.41) is 11.7. The van der Waals surface area contributed by atoms with Crippen molar-refractivity contribution < 1.29 is 9.84 Å². The summed E-state index contributed by atoms with van der Waals surface area (Å²) in [5.41, 5.74) is 2.17. The first-order valence-electron chi connectivity index (χ1n) is 6.81. The maximum Gasteiger partial charge on any atom is 0.129 e.